The summed E-state index contributed by atoms with van der Waals surface area (Å²) in [5.41, 5.74) is 0.0540. The van der Waals surface area contributed by atoms with Crippen LogP contribution in [0, 0.1) is 22.7 Å². The van der Waals surface area contributed by atoms with Gasteiger partial charge in [-0.25, -0.2) is 13.6 Å². The van der Waals surface area contributed by atoms with E-state index < -0.39 is 10.0 Å². The number of nitriles is 2. The molecule has 1 aromatic rings. The fraction of sp³-hybridized carbons (Fsp3) is 0. The highest BCUT2D eigenvalue weighted by atomic mass is 35.5. The van der Waals surface area contributed by atoms with Gasteiger partial charge in [-0.1, -0.05) is 11.6 Å². The van der Waals surface area contributed by atoms with Gasteiger partial charge >= 0.3 is 0 Å². The molecule has 8 heteroatoms. The molecule has 0 unspecified atom stereocenters. The highest BCUT2D eigenvalue weighted by molar-refractivity contribution is 7.89. The van der Waals surface area contributed by atoms with E-state index in [1.165, 1.54) is 18.2 Å². The molecular formula is C10H7ClN4O2S. The van der Waals surface area contributed by atoms with Crippen molar-refractivity contribution in [3.63, 3.8) is 0 Å². The molecule has 0 radical (unpaired) electrons. The largest absolute Gasteiger partial charge is 0.359 e. The Kier molecular flexibility index (Phi) is 4.29. The van der Waals surface area contributed by atoms with Crippen molar-refractivity contribution in [2.75, 3.05) is 5.32 Å². The summed E-state index contributed by atoms with van der Waals surface area (Å²) in [5.74, 6) is 0. The minimum atomic E-state index is -3.84. The van der Waals surface area contributed by atoms with Crippen LogP contribution in [0.1, 0.15) is 0 Å². The SMILES string of the molecule is N#CC(C#N)=CNc1cc(S(N)(=O)=O)ccc1Cl. The van der Waals surface area contributed by atoms with Crippen molar-refractivity contribution in [1.29, 1.82) is 10.5 Å². The zero-order valence-corrected chi connectivity index (χ0v) is 10.5. The predicted octanol–water partition coefficient (Wildman–Crippen LogP) is 1.33. The fourth-order valence-corrected chi connectivity index (χ4v) is 1.74. The summed E-state index contributed by atoms with van der Waals surface area (Å²) < 4.78 is 22.3. The number of hydrogen-bond donors (Lipinski definition) is 2. The van der Waals surface area contributed by atoms with Gasteiger partial charge in [0.25, 0.3) is 0 Å². The van der Waals surface area contributed by atoms with Crippen LogP contribution >= 0.6 is 11.6 Å². The Morgan fingerprint density at radius 3 is 2.50 bits per heavy atom. The van der Waals surface area contributed by atoms with Crippen molar-refractivity contribution in [3.05, 3.63) is 35.0 Å². The van der Waals surface area contributed by atoms with Gasteiger partial charge in [0.05, 0.1) is 15.6 Å². The van der Waals surface area contributed by atoms with Crippen molar-refractivity contribution < 1.29 is 8.42 Å². The van der Waals surface area contributed by atoms with E-state index >= 15 is 0 Å². The van der Waals surface area contributed by atoms with E-state index in [-0.39, 0.29) is 21.2 Å². The average Bonchev–Trinajstić information content (AvgIpc) is 2.31. The Balaban J connectivity index is 3.16. The third kappa shape index (κ3) is 3.47. The lowest BCUT2D eigenvalue weighted by Crippen LogP contribution is -2.12. The second kappa shape index (κ2) is 5.52. The van der Waals surface area contributed by atoms with Crippen molar-refractivity contribution in [2.45, 2.75) is 4.90 Å². The maximum Gasteiger partial charge on any atom is 0.238 e. The quantitative estimate of drug-likeness (QED) is 0.810. The molecule has 0 saturated heterocycles. The van der Waals surface area contributed by atoms with Gasteiger partial charge in [0.2, 0.25) is 10.0 Å². The number of sulfonamides is 1. The van der Waals surface area contributed by atoms with Crippen molar-refractivity contribution in [1.82, 2.24) is 0 Å². The first kappa shape index (κ1) is 14.0. The lowest BCUT2D eigenvalue weighted by atomic mass is 10.3. The zero-order valence-electron chi connectivity index (χ0n) is 8.88. The topological polar surface area (TPSA) is 120 Å². The number of anilines is 1. The molecule has 0 heterocycles. The Bertz CT molecular complexity index is 667. The monoisotopic (exact) mass is 282 g/mol. The summed E-state index contributed by atoms with van der Waals surface area (Å²) in [5, 5.41) is 24.8. The Morgan fingerprint density at radius 1 is 1.39 bits per heavy atom. The normalized spacial score (nSPS) is 10.0. The molecule has 3 N–H and O–H groups in total. The molecule has 0 atom stereocenters. The van der Waals surface area contributed by atoms with Gasteiger partial charge in [-0.3, -0.25) is 0 Å². The van der Waals surface area contributed by atoms with E-state index in [0.29, 0.717) is 0 Å². The minimum Gasteiger partial charge on any atom is -0.359 e. The minimum absolute atomic E-state index is 0.127. The summed E-state index contributed by atoms with van der Waals surface area (Å²) in [6.07, 6.45) is 1.12. The average molecular weight is 283 g/mol. The molecule has 0 saturated carbocycles. The molecule has 0 aromatic heterocycles. The van der Waals surface area contributed by atoms with Crippen molar-refractivity contribution in [3.8, 4) is 12.1 Å². The second-order valence-electron chi connectivity index (χ2n) is 3.11. The second-order valence-corrected chi connectivity index (χ2v) is 5.08. The molecule has 92 valence electrons. The van der Waals surface area contributed by atoms with Crippen LogP contribution < -0.4 is 10.5 Å². The number of rotatable bonds is 3. The molecule has 0 aliphatic heterocycles. The van der Waals surface area contributed by atoms with Gasteiger partial charge < -0.3 is 5.32 Å². The number of nitrogens with one attached hydrogen (secondary N) is 1. The number of benzene rings is 1. The van der Waals surface area contributed by atoms with Gasteiger partial charge in [-0.2, -0.15) is 10.5 Å². The standard InChI is InChI=1S/C10H7ClN4O2S/c11-9-2-1-8(18(14,16)17)3-10(9)15-6-7(4-12)5-13/h1-3,6,15H,(H2,14,16,17). The van der Waals surface area contributed by atoms with Gasteiger partial charge in [0, 0.05) is 6.20 Å². The maximum atomic E-state index is 11.1. The molecule has 0 aliphatic rings. The molecule has 0 bridgehead atoms. The van der Waals surface area contributed by atoms with Gasteiger partial charge in [-0.15, -0.1) is 0 Å². The Morgan fingerprint density at radius 2 is 2.00 bits per heavy atom. The lowest BCUT2D eigenvalue weighted by Gasteiger charge is -2.06. The van der Waals surface area contributed by atoms with Gasteiger partial charge in [0.15, 0.2) is 0 Å². The van der Waals surface area contributed by atoms with E-state index in [2.05, 4.69) is 5.32 Å². The molecule has 1 rings (SSSR count). The molecule has 18 heavy (non-hydrogen) atoms. The van der Waals surface area contributed by atoms with Crippen LogP contribution in [-0.4, -0.2) is 8.42 Å². The molecule has 0 amide bonds. The van der Waals surface area contributed by atoms with Crippen LogP contribution in [-0.2, 0) is 10.0 Å². The summed E-state index contributed by atoms with van der Waals surface area (Å²) in [6, 6.07) is 7.08. The van der Waals surface area contributed by atoms with Gasteiger partial charge in [-0.05, 0) is 18.2 Å². The van der Waals surface area contributed by atoms with Crippen LogP contribution in [0.25, 0.3) is 0 Å². The highest BCUT2D eigenvalue weighted by Crippen LogP contribution is 2.24. The zero-order chi connectivity index (χ0) is 13.8. The van der Waals surface area contributed by atoms with Gasteiger partial charge in [0.1, 0.15) is 17.7 Å². The highest BCUT2D eigenvalue weighted by Gasteiger charge is 2.10. The van der Waals surface area contributed by atoms with E-state index in [9.17, 15) is 8.42 Å². The van der Waals surface area contributed by atoms with Crippen LogP contribution in [0.4, 0.5) is 5.69 Å². The van der Waals surface area contributed by atoms with E-state index in [1.807, 2.05) is 0 Å². The maximum absolute atomic E-state index is 11.1. The number of nitrogens with zero attached hydrogens (tertiary/aromatic N) is 2. The number of allylic oxidation sites excluding steroid dienone is 1. The van der Waals surface area contributed by atoms with Crippen LogP contribution in [0.5, 0.6) is 0 Å². The predicted molar refractivity (Wildman–Crippen MR) is 65.8 cm³/mol. The summed E-state index contributed by atoms with van der Waals surface area (Å²) in [4.78, 5) is -0.127. The van der Waals surface area contributed by atoms with Crippen molar-refractivity contribution >= 4 is 27.3 Å². The number of hydrogen-bond acceptors (Lipinski definition) is 5. The van der Waals surface area contributed by atoms with Crippen LogP contribution in [0.2, 0.25) is 5.02 Å². The summed E-state index contributed by atoms with van der Waals surface area (Å²) in [6.45, 7) is 0. The molecule has 0 aliphatic carbocycles. The Hall–Kier alpha value is -2.06. The van der Waals surface area contributed by atoms with Crippen LogP contribution in [0.15, 0.2) is 34.9 Å². The molecule has 0 spiro atoms. The third-order valence-electron chi connectivity index (χ3n) is 1.88. The fourth-order valence-electron chi connectivity index (χ4n) is 1.03. The first-order valence-electron chi connectivity index (χ1n) is 4.47. The molecular weight excluding hydrogens is 276 g/mol. The first-order chi connectivity index (χ1) is 8.38. The Labute approximate surface area is 109 Å². The molecule has 6 nitrogen and oxygen atoms in total. The number of halogens is 1. The van der Waals surface area contributed by atoms with Crippen LogP contribution in [0.3, 0.4) is 0 Å². The summed E-state index contributed by atoms with van der Waals surface area (Å²) >= 11 is 5.82. The number of primary sulfonamides is 1. The molecule has 0 fully saturated rings. The summed E-state index contributed by atoms with van der Waals surface area (Å²) in [7, 11) is -3.84. The van der Waals surface area contributed by atoms with E-state index in [4.69, 9.17) is 27.3 Å². The van der Waals surface area contributed by atoms with E-state index in [0.717, 1.165) is 6.20 Å². The van der Waals surface area contributed by atoms with E-state index in [1.54, 1.807) is 12.1 Å². The lowest BCUT2D eigenvalue weighted by molar-refractivity contribution is 0.598. The number of nitrogens with two attached hydrogens (primary N) is 1. The molecule has 1 aromatic carbocycles. The van der Waals surface area contributed by atoms with Crippen molar-refractivity contribution in [2.24, 2.45) is 5.14 Å². The first-order valence-corrected chi connectivity index (χ1v) is 6.40. The third-order valence-corrected chi connectivity index (χ3v) is 3.12. The smallest absolute Gasteiger partial charge is 0.238 e.